The van der Waals surface area contributed by atoms with E-state index in [2.05, 4.69) is 37.3 Å². The molecule has 0 saturated carbocycles. The Labute approximate surface area is 238 Å². The molecule has 1 N–H and O–H groups in total. The van der Waals surface area contributed by atoms with Gasteiger partial charge in [-0.25, -0.2) is 19.3 Å². The monoisotopic (exact) mass is 552 g/mol. The second-order valence-electron chi connectivity index (χ2n) is 11.5. The van der Waals surface area contributed by atoms with Crippen molar-refractivity contribution in [2.75, 3.05) is 30.4 Å². The van der Waals surface area contributed by atoms with Crippen LogP contribution in [-0.4, -0.2) is 68.5 Å². The first kappa shape index (κ1) is 26.5. The van der Waals surface area contributed by atoms with Gasteiger partial charge in [-0.15, -0.1) is 0 Å². The van der Waals surface area contributed by atoms with Gasteiger partial charge in [0, 0.05) is 61.3 Å². The molecule has 1 amide bonds. The van der Waals surface area contributed by atoms with Crippen LogP contribution in [0.1, 0.15) is 38.3 Å². The average molecular weight is 553 g/mol. The number of nitrogens with zero attached hydrogens (tertiary/aromatic N) is 7. The highest BCUT2D eigenvalue weighted by Gasteiger charge is 2.44. The van der Waals surface area contributed by atoms with Crippen molar-refractivity contribution in [3.63, 3.8) is 0 Å². The summed E-state index contributed by atoms with van der Waals surface area (Å²) >= 11 is 0. The Morgan fingerprint density at radius 2 is 1.93 bits per heavy atom. The van der Waals surface area contributed by atoms with Crippen molar-refractivity contribution in [2.24, 2.45) is 0 Å². The molecule has 7 heterocycles. The number of hydrogen-bond donors (Lipinski definition) is 1. The van der Waals surface area contributed by atoms with Gasteiger partial charge in [-0.1, -0.05) is 6.07 Å². The van der Waals surface area contributed by atoms with E-state index in [9.17, 15) is 10.1 Å². The van der Waals surface area contributed by atoms with Crippen molar-refractivity contribution >= 4 is 23.1 Å². The molecule has 2 unspecified atom stereocenters. The number of carbonyl (C=O) groups is 1. The lowest BCUT2D eigenvalue weighted by molar-refractivity contribution is -0.00876. The van der Waals surface area contributed by atoms with E-state index in [1.165, 1.54) is 18.2 Å². The van der Waals surface area contributed by atoms with Crippen molar-refractivity contribution in [1.82, 2.24) is 24.5 Å². The second kappa shape index (κ2) is 10.4. The van der Waals surface area contributed by atoms with E-state index < -0.39 is 11.7 Å². The molecule has 0 radical (unpaired) electrons. The zero-order chi connectivity index (χ0) is 28.7. The van der Waals surface area contributed by atoms with Crippen LogP contribution < -0.4 is 15.0 Å². The second-order valence-corrected chi connectivity index (χ2v) is 11.5. The van der Waals surface area contributed by atoms with E-state index in [0.29, 0.717) is 34.7 Å². The molecular formula is C30H32N8O3. The topological polar surface area (TPSA) is 121 Å². The highest BCUT2D eigenvalue weighted by Crippen LogP contribution is 2.36. The van der Waals surface area contributed by atoms with Crippen LogP contribution in [0.25, 0.3) is 16.6 Å². The molecule has 3 aliphatic heterocycles. The largest absolute Gasteiger partial charge is 0.481 e. The van der Waals surface area contributed by atoms with Gasteiger partial charge in [0.1, 0.15) is 17.5 Å². The number of nitrogens with one attached hydrogen (secondary N) is 1. The van der Waals surface area contributed by atoms with Crippen LogP contribution in [0.3, 0.4) is 0 Å². The summed E-state index contributed by atoms with van der Waals surface area (Å²) in [6, 6.07) is 13.0. The number of fused-ring (bicyclic) bond motifs is 3. The van der Waals surface area contributed by atoms with Crippen molar-refractivity contribution in [3.05, 3.63) is 66.2 Å². The van der Waals surface area contributed by atoms with Crippen LogP contribution in [0.15, 0.2) is 55.1 Å². The summed E-state index contributed by atoms with van der Waals surface area (Å²) in [7, 11) is 1.62. The normalized spacial score (nSPS) is 18.5. The average Bonchev–Trinajstić information content (AvgIpc) is 3.38. The molecule has 4 aromatic rings. The van der Waals surface area contributed by atoms with Crippen LogP contribution in [0.5, 0.6) is 5.88 Å². The Morgan fingerprint density at radius 3 is 2.56 bits per heavy atom. The van der Waals surface area contributed by atoms with E-state index in [1.54, 1.807) is 17.8 Å². The zero-order valence-corrected chi connectivity index (χ0v) is 23.5. The van der Waals surface area contributed by atoms with Gasteiger partial charge in [0.25, 0.3) is 0 Å². The molecule has 4 aromatic heterocycles. The fraction of sp³-hybridized carbons (Fsp3) is 0.367. The molecule has 3 saturated heterocycles. The molecule has 2 bridgehead atoms. The van der Waals surface area contributed by atoms with Crippen molar-refractivity contribution < 1.29 is 14.3 Å². The van der Waals surface area contributed by atoms with E-state index >= 15 is 0 Å². The minimum absolute atomic E-state index is 0.441. The molecule has 3 aliphatic rings. The van der Waals surface area contributed by atoms with Crippen molar-refractivity contribution in [2.45, 2.75) is 51.4 Å². The maximum absolute atomic E-state index is 12.4. The Bertz CT molecular complexity index is 1610. The van der Waals surface area contributed by atoms with Gasteiger partial charge >= 0.3 is 6.09 Å². The van der Waals surface area contributed by atoms with E-state index in [4.69, 9.17) is 14.5 Å². The molecule has 41 heavy (non-hydrogen) atoms. The van der Waals surface area contributed by atoms with Gasteiger partial charge in [0.15, 0.2) is 0 Å². The molecule has 0 aliphatic carbocycles. The predicted molar refractivity (Wildman–Crippen MR) is 154 cm³/mol. The smallest absolute Gasteiger partial charge is 0.412 e. The lowest BCUT2D eigenvalue weighted by Crippen LogP contribution is -2.68. The number of piperazine rings is 1. The maximum Gasteiger partial charge on any atom is 0.412 e. The number of ether oxygens (including phenoxy) is 2. The number of methoxy groups -OCH3 is 1. The van der Waals surface area contributed by atoms with Gasteiger partial charge in [-0.2, -0.15) is 10.4 Å². The van der Waals surface area contributed by atoms with E-state index in [-0.39, 0.29) is 0 Å². The number of rotatable bonds is 6. The Kier molecular flexibility index (Phi) is 6.71. The number of hydrogen-bond acceptors (Lipinski definition) is 9. The predicted octanol–water partition coefficient (Wildman–Crippen LogP) is 4.48. The van der Waals surface area contributed by atoms with Gasteiger partial charge in [-0.3, -0.25) is 10.2 Å². The third-order valence-electron chi connectivity index (χ3n) is 7.48. The summed E-state index contributed by atoms with van der Waals surface area (Å²) in [6.45, 7) is 8.12. The Balaban J connectivity index is 1.19. The SMILES string of the molecule is COc1ccc(CN2C3CC2CN(c2ccc(-c4cc(NC(=O)OC(C)(C)C)cn5ncc(C#N)c45)cn2)C3)cn1. The van der Waals surface area contributed by atoms with Gasteiger partial charge in [-0.05, 0) is 51.0 Å². The maximum atomic E-state index is 12.4. The van der Waals surface area contributed by atoms with E-state index in [0.717, 1.165) is 36.6 Å². The molecule has 2 atom stereocenters. The molecule has 3 fully saturated rings. The Hall–Kier alpha value is -4.69. The molecule has 11 nitrogen and oxygen atoms in total. The van der Waals surface area contributed by atoms with Crippen LogP contribution in [0, 0.1) is 11.3 Å². The van der Waals surface area contributed by atoms with Crippen LogP contribution in [-0.2, 0) is 11.3 Å². The number of carbonyl (C=O) groups excluding carboxylic acids is 1. The molecule has 0 spiro atoms. The van der Waals surface area contributed by atoms with Crippen molar-refractivity contribution in [3.8, 4) is 23.1 Å². The van der Waals surface area contributed by atoms with Gasteiger partial charge < -0.3 is 14.4 Å². The highest BCUT2D eigenvalue weighted by molar-refractivity contribution is 5.90. The van der Waals surface area contributed by atoms with Crippen LogP contribution in [0.2, 0.25) is 0 Å². The van der Waals surface area contributed by atoms with E-state index in [1.807, 2.05) is 57.4 Å². The Morgan fingerprint density at radius 1 is 1.12 bits per heavy atom. The summed E-state index contributed by atoms with van der Waals surface area (Å²) in [5.41, 5.74) is 3.71. The fourth-order valence-electron chi connectivity index (χ4n) is 5.61. The van der Waals surface area contributed by atoms with Gasteiger partial charge in [0.2, 0.25) is 5.88 Å². The molecular weight excluding hydrogens is 520 g/mol. The van der Waals surface area contributed by atoms with Crippen molar-refractivity contribution in [1.29, 1.82) is 5.26 Å². The minimum Gasteiger partial charge on any atom is -0.481 e. The summed E-state index contributed by atoms with van der Waals surface area (Å²) in [6.07, 6.45) is 7.51. The number of anilines is 2. The van der Waals surface area contributed by atoms with Crippen LogP contribution >= 0.6 is 0 Å². The lowest BCUT2D eigenvalue weighted by Gasteiger charge is -2.56. The zero-order valence-electron chi connectivity index (χ0n) is 23.5. The summed E-state index contributed by atoms with van der Waals surface area (Å²) in [5.74, 6) is 1.55. The molecule has 210 valence electrons. The first-order valence-corrected chi connectivity index (χ1v) is 13.6. The summed E-state index contributed by atoms with van der Waals surface area (Å²) < 4.78 is 12.2. The summed E-state index contributed by atoms with van der Waals surface area (Å²) in [5, 5.41) is 16.8. The number of aromatic nitrogens is 4. The highest BCUT2D eigenvalue weighted by atomic mass is 16.6. The quantitative estimate of drug-likeness (QED) is 0.369. The third kappa shape index (κ3) is 5.38. The molecule has 0 aromatic carbocycles. The first-order chi connectivity index (χ1) is 19.7. The standard InChI is InChI=1S/C30H32N8O3/c1-30(2,3)41-29(39)35-22-9-25(28-21(11-31)14-34-38(28)16-22)20-6-7-26(32-13-20)36-17-23-10-24(18-36)37(23)15-19-5-8-27(40-4)33-12-19/h5-9,12-14,16,23-24H,10,15,17-18H2,1-4H3,(H,35,39). The van der Waals surface area contributed by atoms with Crippen LogP contribution in [0.4, 0.5) is 16.3 Å². The molecule has 11 heteroatoms. The number of nitriles is 1. The number of amides is 1. The third-order valence-corrected chi connectivity index (χ3v) is 7.48. The lowest BCUT2D eigenvalue weighted by atomic mass is 9.87. The van der Waals surface area contributed by atoms with Gasteiger partial charge in [0.05, 0.1) is 36.3 Å². The fourth-order valence-corrected chi connectivity index (χ4v) is 5.61. The number of pyridine rings is 3. The number of piperidine rings is 1. The minimum atomic E-state index is -0.630. The summed E-state index contributed by atoms with van der Waals surface area (Å²) in [4.78, 5) is 26.4. The first-order valence-electron chi connectivity index (χ1n) is 13.6. The molecule has 7 rings (SSSR count).